The summed E-state index contributed by atoms with van der Waals surface area (Å²) in [5, 5.41) is 1.17. The zero-order valence-corrected chi connectivity index (χ0v) is 23.0. The van der Waals surface area contributed by atoms with Gasteiger partial charge in [0.1, 0.15) is 11.5 Å². The summed E-state index contributed by atoms with van der Waals surface area (Å²) in [6.07, 6.45) is 2.72. The molecule has 12 heteroatoms. The lowest BCUT2D eigenvalue weighted by Gasteiger charge is -2.10. The summed E-state index contributed by atoms with van der Waals surface area (Å²) >= 11 is 11.6. The van der Waals surface area contributed by atoms with Gasteiger partial charge in [0.25, 0.3) is 0 Å². The van der Waals surface area contributed by atoms with E-state index < -0.39 is 17.9 Å². The van der Waals surface area contributed by atoms with Crippen LogP contribution >= 0.6 is 23.2 Å². The van der Waals surface area contributed by atoms with Crippen LogP contribution in [0.1, 0.15) is 18.1 Å². The van der Waals surface area contributed by atoms with Crippen LogP contribution in [0.5, 0.6) is 11.5 Å². The molecule has 0 saturated heterocycles. The highest BCUT2D eigenvalue weighted by molar-refractivity contribution is 6.31. The molecule has 0 unspecified atom stereocenters. The van der Waals surface area contributed by atoms with E-state index in [1.54, 1.807) is 56.3 Å². The Morgan fingerprint density at radius 3 is 1.47 bits per heavy atom. The average molecular weight is 569 g/mol. The van der Waals surface area contributed by atoms with Gasteiger partial charge >= 0.3 is 24.1 Å². The van der Waals surface area contributed by atoms with E-state index in [0.29, 0.717) is 27.1 Å². The SMILES string of the molecule is C/C=C(\Oc1ccc(Cl)cc1C)C(=O)OC.COC(=O)/C=C(/Oc1ccc(Cl)cc1C)C(=O)OC.O=C=O. The van der Waals surface area contributed by atoms with Gasteiger partial charge in [0.05, 0.1) is 27.4 Å². The van der Waals surface area contributed by atoms with Gasteiger partial charge in [0, 0.05) is 10.0 Å². The van der Waals surface area contributed by atoms with E-state index in [-0.39, 0.29) is 17.7 Å². The van der Waals surface area contributed by atoms with Crippen LogP contribution in [-0.2, 0) is 38.2 Å². The van der Waals surface area contributed by atoms with E-state index in [9.17, 15) is 14.4 Å². The zero-order chi connectivity index (χ0) is 29.3. The summed E-state index contributed by atoms with van der Waals surface area (Å²) in [6, 6.07) is 10.0. The van der Waals surface area contributed by atoms with Gasteiger partial charge in [-0.1, -0.05) is 23.2 Å². The van der Waals surface area contributed by atoms with Crippen molar-refractivity contribution in [2.45, 2.75) is 20.8 Å². The molecule has 0 aliphatic rings. The Kier molecular flexibility index (Phi) is 16.2. The summed E-state index contributed by atoms with van der Waals surface area (Å²) < 4.78 is 24.3. The quantitative estimate of drug-likeness (QED) is 0.199. The van der Waals surface area contributed by atoms with Gasteiger partial charge in [-0.3, -0.25) is 0 Å². The second-order valence-corrected chi connectivity index (χ2v) is 7.65. The monoisotopic (exact) mass is 568 g/mol. The first-order valence-electron chi connectivity index (χ1n) is 10.5. The Balaban J connectivity index is 0.000000660. The van der Waals surface area contributed by atoms with E-state index in [1.165, 1.54) is 21.3 Å². The number of hydrogen-bond acceptors (Lipinski definition) is 10. The van der Waals surface area contributed by atoms with Crippen LogP contribution in [0, 0.1) is 13.8 Å². The van der Waals surface area contributed by atoms with Crippen molar-refractivity contribution in [2.24, 2.45) is 0 Å². The van der Waals surface area contributed by atoms with E-state index in [1.807, 2.05) is 6.92 Å². The molecule has 2 rings (SSSR count). The highest BCUT2D eigenvalue weighted by Gasteiger charge is 2.16. The molecule has 0 heterocycles. The molecular formula is C26H26Cl2O10. The molecule has 0 N–H and O–H groups in total. The van der Waals surface area contributed by atoms with Crippen molar-refractivity contribution in [3.63, 3.8) is 0 Å². The Labute approximate surface area is 229 Å². The maximum absolute atomic E-state index is 11.5. The molecule has 0 radical (unpaired) electrons. The molecule has 0 saturated carbocycles. The second kappa shape index (κ2) is 18.2. The third kappa shape index (κ3) is 12.2. The number of ether oxygens (including phenoxy) is 5. The van der Waals surface area contributed by atoms with Crippen LogP contribution in [0.3, 0.4) is 0 Å². The van der Waals surface area contributed by atoms with E-state index in [2.05, 4.69) is 14.2 Å². The van der Waals surface area contributed by atoms with Crippen molar-refractivity contribution in [1.82, 2.24) is 0 Å². The fourth-order valence-electron chi connectivity index (χ4n) is 2.41. The first-order chi connectivity index (χ1) is 18.0. The van der Waals surface area contributed by atoms with Gasteiger partial charge in [-0.05, 0) is 74.4 Å². The van der Waals surface area contributed by atoms with Gasteiger partial charge in [0.15, 0.2) is 0 Å². The summed E-state index contributed by atoms with van der Waals surface area (Å²) in [5.41, 5.74) is 1.57. The molecule has 0 aliphatic heterocycles. The molecule has 0 atom stereocenters. The largest absolute Gasteiger partial charge is 0.466 e. The Morgan fingerprint density at radius 2 is 1.13 bits per heavy atom. The normalized spacial score (nSPS) is 10.3. The first-order valence-corrected chi connectivity index (χ1v) is 11.2. The van der Waals surface area contributed by atoms with Crippen molar-refractivity contribution in [3.05, 3.63) is 81.2 Å². The molecule has 2 aromatic carbocycles. The van der Waals surface area contributed by atoms with Crippen LogP contribution in [0.2, 0.25) is 10.0 Å². The molecule has 0 aromatic heterocycles. The van der Waals surface area contributed by atoms with Crippen LogP contribution in [-0.4, -0.2) is 45.4 Å². The van der Waals surface area contributed by atoms with Crippen LogP contribution < -0.4 is 9.47 Å². The highest BCUT2D eigenvalue weighted by Crippen LogP contribution is 2.25. The number of carbonyl (C=O) groups excluding carboxylic acids is 5. The first kappa shape index (κ1) is 33.9. The smallest absolute Gasteiger partial charge is 0.374 e. The molecule has 0 aliphatic carbocycles. The van der Waals surface area contributed by atoms with Crippen molar-refractivity contribution < 1.29 is 47.7 Å². The van der Waals surface area contributed by atoms with Crippen LogP contribution in [0.15, 0.2) is 60.1 Å². The number of aryl methyl sites for hydroxylation is 2. The lowest BCUT2D eigenvalue weighted by Crippen LogP contribution is -2.13. The number of carbonyl (C=O) groups is 3. The van der Waals surface area contributed by atoms with Crippen molar-refractivity contribution in [2.75, 3.05) is 21.3 Å². The van der Waals surface area contributed by atoms with Gasteiger partial charge < -0.3 is 23.7 Å². The Morgan fingerprint density at radius 1 is 0.737 bits per heavy atom. The molecule has 2 aromatic rings. The zero-order valence-electron chi connectivity index (χ0n) is 21.5. The van der Waals surface area contributed by atoms with E-state index in [0.717, 1.165) is 11.6 Å². The Hall–Kier alpha value is -4.11. The molecule has 0 spiro atoms. The van der Waals surface area contributed by atoms with Crippen molar-refractivity contribution in [3.8, 4) is 11.5 Å². The fourth-order valence-corrected chi connectivity index (χ4v) is 2.86. The predicted octanol–water partition coefficient (Wildman–Crippen LogP) is 4.78. The molecule has 10 nitrogen and oxygen atoms in total. The van der Waals surface area contributed by atoms with E-state index in [4.69, 9.17) is 42.3 Å². The predicted molar refractivity (Wildman–Crippen MR) is 137 cm³/mol. The number of allylic oxidation sites excluding steroid dienone is 1. The summed E-state index contributed by atoms with van der Waals surface area (Å²) in [4.78, 5) is 50.2. The summed E-state index contributed by atoms with van der Waals surface area (Å²) in [7, 11) is 3.69. The standard InChI is InChI=1S/C13H13ClO5.C12H13ClO3.CO2/c1-8-6-9(14)4-5-10(8)19-11(13(16)18-3)7-12(15)17-2;1-4-10(12(14)15-3)16-11-6-5-9(13)7-8(11)2;2-1-3/h4-7H,1-3H3;4-7H,1-3H3;/b11-7+;10-4-;. The third-order valence-corrected chi connectivity index (χ3v) is 4.67. The maximum atomic E-state index is 11.5. The van der Waals surface area contributed by atoms with Crippen molar-refractivity contribution in [1.29, 1.82) is 0 Å². The molecular weight excluding hydrogens is 543 g/mol. The fraction of sp³-hybridized carbons (Fsp3) is 0.231. The van der Waals surface area contributed by atoms with Gasteiger partial charge in [-0.2, -0.15) is 9.59 Å². The highest BCUT2D eigenvalue weighted by atomic mass is 35.5. The number of methoxy groups -OCH3 is 3. The molecule has 0 amide bonds. The molecule has 38 heavy (non-hydrogen) atoms. The minimum absolute atomic E-state index is 0.160. The van der Waals surface area contributed by atoms with Crippen LogP contribution in [0.4, 0.5) is 0 Å². The van der Waals surface area contributed by atoms with Gasteiger partial charge in [-0.25, -0.2) is 14.4 Å². The number of benzene rings is 2. The number of halogens is 2. The summed E-state index contributed by atoms with van der Waals surface area (Å²) in [5.74, 6) is -1.12. The maximum Gasteiger partial charge on any atom is 0.374 e. The molecule has 0 fully saturated rings. The number of hydrogen-bond donors (Lipinski definition) is 0. The van der Waals surface area contributed by atoms with E-state index >= 15 is 0 Å². The second-order valence-electron chi connectivity index (χ2n) is 6.77. The van der Waals surface area contributed by atoms with Crippen LogP contribution in [0.25, 0.3) is 0 Å². The molecule has 0 bridgehead atoms. The Bertz CT molecular complexity index is 1210. The summed E-state index contributed by atoms with van der Waals surface area (Å²) in [6.45, 7) is 5.32. The minimum atomic E-state index is -0.778. The third-order valence-electron chi connectivity index (χ3n) is 4.20. The van der Waals surface area contributed by atoms with Crippen molar-refractivity contribution >= 4 is 47.3 Å². The van der Waals surface area contributed by atoms with Gasteiger partial charge in [0.2, 0.25) is 11.5 Å². The van der Waals surface area contributed by atoms with Gasteiger partial charge in [-0.15, -0.1) is 0 Å². The average Bonchev–Trinajstić information content (AvgIpc) is 2.89. The molecule has 204 valence electrons. The lowest BCUT2D eigenvalue weighted by molar-refractivity contribution is -0.191. The minimum Gasteiger partial charge on any atom is -0.466 e. The number of rotatable bonds is 7. The number of esters is 3. The topological polar surface area (TPSA) is 132 Å². The lowest BCUT2D eigenvalue weighted by atomic mass is 10.2.